The van der Waals surface area contributed by atoms with Crippen molar-refractivity contribution in [3.63, 3.8) is 0 Å². The first-order chi connectivity index (χ1) is 10.4. The summed E-state index contributed by atoms with van der Waals surface area (Å²) in [6, 6.07) is 0. The number of carbonyl (C=O) groups excluding carboxylic acids is 2. The van der Waals surface area contributed by atoms with E-state index in [0.29, 0.717) is 54.4 Å². The Balaban J connectivity index is 1.54. The van der Waals surface area contributed by atoms with Crippen LogP contribution in [0.3, 0.4) is 0 Å². The van der Waals surface area contributed by atoms with E-state index in [0.717, 1.165) is 19.3 Å². The van der Waals surface area contributed by atoms with Gasteiger partial charge >= 0.3 is 0 Å². The molecule has 4 aliphatic carbocycles. The fraction of sp³-hybridized carbons (Fsp3) is 0.895. The monoisotopic (exact) mass is 302 g/mol. The third-order valence-corrected chi connectivity index (χ3v) is 8.31. The van der Waals surface area contributed by atoms with Gasteiger partial charge in [0.25, 0.3) is 0 Å². The molecule has 3 nitrogen and oxygen atoms in total. The first-order valence-corrected chi connectivity index (χ1v) is 9.15. The number of hydrogen-bond donors (Lipinski definition) is 0. The fourth-order valence-corrected chi connectivity index (χ4v) is 7.12. The molecule has 8 atom stereocenters. The second kappa shape index (κ2) is 4.03. The van der Waals surface area contributed by atoms with Crippen LogP contribution < -0.4 is 0 Å². The summed E-state index contributed by atoms with van der Waals surface area (Å²) in [5, 5.41) is 0. The highest BCUT2D eigenvalue weighted by atomic mass is 16.6. The van der Waals surface area contributed by atoms with Crippen molar-refractivity contribution in [3.8, 4) is 0 Å². The second-order valence-corrected chi connectivity index (χ2v) is 9.20. The second-order valence-electron chi connectivity index (χ2n) is 9.20. The Bertz CT molecular complexity index is 569. The van der Waals surface area contributed by atoms with Gasteiger partial charge in [0.05, 0.1) is 12.2 Å². The molecule has 1 heterocycles. The molecule has 3 heteroatoms. The predicted molar refractivity (Wildman–Crippen MR) is 81.2 cm³/mol. The van der Waals surface area contributed by atoms with E-state index in [1.54, 1.807) is 0 Å². The quantitative estimate of drug-likeness (QED) is 0.646. The fourth-order valence-electron chi connectivity index (χ4n) is 7.12. The number of fused-ring (bicyclic) bond motifs is 6. The average Bonchev–Trinajstić information content (AvgIpc) is 3.12. The summed E-state index contributed by atoms with van der Waals surface area (Å²) in [7, 11) is 0. The van der Waals surface area contributed by atoms with Gasteiger partial charge in [-0.15, -0.1) is 0 Å². The van der Waals surface area contributed by atoms with Gasteiger partial charge in [0.1, 0.15) is 11.6 Å². The number of carbonyl (C=O) groups is 2. The van der Waals surface area contributed by atoms with Gasteiger partial charge in [0, 0.05) is 24.2 Å². The Morgan fingerprint density at radius 2 is 1.91 bits per heavy atom. The number of Topliss-reactive ketones (excluding diaryl/α,β-unsaturated/α-hetero) is 2. The number of rotatable bonds is 0. The first kappa shape index (κ1) is 13.7. The third kappa shape index (κ3) is 1.52. The normalized spacial score (nSPS) is 59.4. The van der Waals surface area contributed by atoms with Crippen molar-refractivity contribution in [2.75, 3.05) is 0 Å². The van der Waals surface area contributed by atoms with E-state index in [-0.39, 0.29) is 16.7 Å². The lowest BCUT2D eigenvalue weighted by Crippen LogP contribution is -2.57. The van der Waals surface area contributed by atoms with Gasteiger partial charge < -0.3 is 4.74 Å². The van der Waals surface area contributed by atoms with Gasteiger partial charge in [-0.1, -0.05) is 13.8 Å². The van der Waals surface area contributed by atoms with Crippen LogP contribution in [0.4, 0.5) is 0 Å². The van der Waals surface area contributed by atoms with E-state index in [4.69, 9.17) is 4.74 Å². The molecule has 1 aliphatic heterocycles. The van der Waals surface area contributed by atoms with Crippen LogP contribution in [0.2, 0.25) is 0 Å². The standard InChI is InChI=1S/C19H26O3/c1-18-9-15-14(22-15)7-10(18)3-4-11-12-5-6-16(21)19(12,2)8-13(20)17(11)18/h10-12,14-15,17H,3-9H2,1-2H3/t10?,11-,12-,14?,15?,17-,18-,19-/m0/s1. The molecule has 1 saturated heterocycles. The maximum absolute atomic E-state index is 13.1. The molecular formula is C19H26O3. The van der Waals surface area contributed by atoms with Crippen LogP contribution in [-0.2, 0) is 14.3 Å². The zero-order chi connectivity index (χ0) is 15.3. The SMILES string of the molecule is C[C@]12CC3OC3CC1CC[C@@H]1[C@H]2C(=O)C[C@]2(C)C(=O)CC[C@@H]12. The highest BCUT2D eigenvalue weighted by Gasteiger charge is 2.66. The summed E-state index contributed by atoms with van der Waals surface area (Å²) in [6.45, 7) is 4.44. The van der Waals surface area contributed by atoms with Crippen molar-refractivity contribution in [2.45, 2.75) is 71.0 Å². The minimum Gasteiger partial charge on any atom is -0.370 e. The zero-order valence-electron chi connectivity index (χ0n) is 13.6. The zero-order valence-corrected chi connectivity index (χ0v) is 13.6. The predicted octanol–water partition coefficient (Wildman–Crippen LogP) is 3.15. The van der Waals surface area contributed by atoms with E-state index in [9.17, 15) is 9.59 Å². The third-order valence-electron chi connectivity index (χ3n) is 8.31. The van der Waals surface area contributed by atoms with Crippen LogP contribution in [0.5, 0.6) is 0 Å². The topological polar surface area (TPSA) is 46.7 Å². The highest BCUT2D eigenvalue weighted by molar-refractivity contribution is 5.95. The van der Waals surface area contributed by atoms with E-state index >= 15 is 0 Å². The molecule has 5 rings (SSSR count). The van der Waals surface area contributed by atoms with E-state index in [2.05, 4.69) is 13.8 Å². The molecule has 3 unspecified atom stereocenters. The maximum Gasteiger partial charge on any atom is 0.139 e. The molecule has 0 spiro atoms. The lowest BCUT2D eigenvalue weighted by atomic mass is 9.45. The molecule has 5 fully saturated rings. The summed E-state index contributed by atoms with van der Waals surface area (Å²) < 4.78 is 5.81. The molecule has 0 aromatic carbocycles. The van der Waals surface area contributed by atoms with Crippen LogP contribution in [0.15, 0.2) is 0 Å². The van der Waals surface area contributed by atoms with Crippen molar-refractivity contribution in [2.24, 2.45) is 34.5 Å². The van der Waals surface area contributed by atoms with Gasteiger partial charge in [0.2, 0.25) is 0 Å². The molecule has 0 aromatic heterocycles. The number of ketones is 2. The van der Waals surface area contributed by atoms with E-state index in [1.165, 1.54) is 12.8 Å². The molecule has 4 saturated carbocycles. The number of ether oxygens (including phenoxy) is 1. The first-order valence-electron chi connectivity index (χ1n) is 9.15. The lowest BCUT2D eigenvalue weighted by Gasteiger charge is -2.57. The van der Waals surface area contributed by atoms with Crippen molar-refractivity contribution in [3.05, 3.63) is 0 Å². The molecule has 5 aliphatic rings. The number of hydrogen-bond acceptors (Lipinski definition) is 3. The van der Waals surface area contributed by atoms with Crippen LogP contribution in [-0.4, -0.2) is 23.8 Å². The molecule has 0 radical (unpaired) electrons. The maximum atomic E-state index is 13.1. The van der Waals surface area contributed by atoms with Crippen LogP contribution >= 0.6 is 0 Å². The Kier molecular flexibility index (Phi) is 2.51. The van der Waals surface area contributed by atoms with Crippen LogP contribution in [0.1, 0.15) is 58.8 Å². The van der Waals surface area contributed by atoms with Gasteiger partial charge in [-0.05, 0) is 55.3 Å². The molecule has 0 amide bonds. The van der Waals surface area contributed by atoms with E-state index in [1.807, 2.05) is 0 Å². The number of epoxide rings is 1. The van der Waals surface area contributed by atoms with Crippen molar-refractivity contribution in [1.82, 2.24) is 0 Å². The molecular weight excluding hydrogens is 276 g/mol. The van der Waals surface area contributed by atoms with Gasteiger partial charge in [0.15, 0.2) is 0 Å². The van der Waals surface area contributed by atoms with Gasteiger partial charge in [-0.2, -0.15) is 0 Å². The Morgan fingerprint density at radius 3 is 2.73 bits per heavy atom. The highest BCUT2D eigenvalue weighted by Crippen LogP contribution is 2.66. The summed E-state index contributed by atoms with van der Waals surface area (Å²) in [5.41, 5.74) is -0.209. The van der Waals surface area contributed by atoms with Crippen molar-refractivity contribution < 1.29 is 14.3 Å². The lowest BCUT2D eigenvalue weighted by molar-refractivity contribution is -0.158. The smallest absolute Gasteiger partial charge is 0.139 e. The van der Waals surface area contributed by atoms with Crippen molar-refractivity contribution in [1.29, 1.82) is 0 Å². The average molecular weight is 302 g/mol. The van der Waals surface area contributed by atoms with E-state index < -0.39 is 0 Å². The summed E-state index contributed by atoms with van der Waals surface area (Å²) >= 11 is 0. The molecule has 0 aromatic rings. The van der Waals surface area contributed by atoms with Crippen LogP contribution in [0.25, 0.3) is 0 Å². The Hall–Kier alpha value is -0.700. The summed E-state index contributed by atoms with van der Waals surface area (Å²) in [6.07, 6.45) is 7.77. The summed E-state index contributed by atoms with van der Waals surface area (Å²) in [4.78, 5) is 25.5. The van der Waals surface area contributed by atoms with Crippen LogP contribution in [0, 0.1) is 34.5 Å². The minimum atomic E-state index is -0.339. The molecule has 120 valence electrons. The summed E-state index contributed by atoms with van der Waals surface area (Å²) in [5.74, 6) is 2.51. The van der Waals surface area contributed by atoms with Crippen molar-refractivity contribution >= 4 is 11.6 Å². The minimum absolute atomic E-state index is 0.130. The molecule has 0 N–H and O–H groups in total. The van der Waals surface area contributed by atoms with Gasteiger partial charge in [-0.25, -0.2) is 0 Å². The largest absolute Gasteiger partial charge is 0.370 e. The Morgan fingerprint density at radius 1 is 1.09 bits per heavy atom. The Labute approximate surface area is 132 Å². The molecule has 0 bridgehead atoms. The van der Waals surface area contributed by atoms with Gasteiger partial charge in [-0.3, -0.25) is 9.59 Å². The molecule has 22 heavy (non-hydrogen) atoms.